The third kappa shape index (κ3) is 3.86. The Hall–Kier alpha value is -1.35. The van der Waals surface area contributed by atoms with Gasteiger partial charge in [-0.05, 0) is 23.2 Å². The Morgan fingerprint density at radius 3 is 2.35 bits per heavy atom. The average Bonchev–Trinajstić information content (AvgIpc) is 2.24. The molecule has 4 heteroatoms. The Balaban J connectivity index is 2.77. The molecule has 0 radical (unpaired) electrons. The Morgan fingerprint density at radius 1 is 1.24 bits per heavy atom. The quantitative estimate of drug-likeness (QED) is 0.842. The van der Waals surface area contributed by atoms with Gasteiger partial charge < -0.3 is 5.32 Å². The van der Waals surface area contributed by atoms with Crippen LogP contribution in [0.2, 0.25) is 0 Å². The molecule has 92 valence electrons. The van der Waals surface area contributed by atoms with Gasteiger partial charge in [0.25, 0.3) is 5.24 Å². The Bertz CT molecular complexity index is 435. The maximum absolute atomic E-state index is 11.7. The van der Waals surface area contributed by atoms with Crippen LogP contribution in [0.4, 0.5) is 0 Å². The van der Waals surface area contributed by atoms with Gasteiger partial charge in [0.05, 0.1) is 0 Å². The molecule has 1 N–H and O–H groups in total. The van der Waals surface area contributed by atoms with Crippen LogP contribution in [0, 0.1) is 5.41 Å². The minimum absolute atomic E-state index is 0.0608. The van der Waals surface area contributed by atoms with E-state index in [2.05, 4.69) is 5.32 Å². The highest BCUT2D eigenvalue weighted by Gasteiger charge is 2.21. The Kier molecular flexibility index (Phi) is 4.29. The molecule has 0 aromatic heterocycles. The van der Waals surface area contributed by atoms with E-state index < -0.39 is 10.7 Å². The van der Waals surface area contributed by atoms with Crippen molar-refractivity contribution in [2.45, 2.75) is 27.3 Å². The summed E-state index contributed by atoms with van der Waals surface area (Å²) in [6, 6.07) is 6.97. The first-order valence-corrected chi connectivity index (χ1v) is 5.76. The molecule has 1 amide bonds. The van der Waals surface area contributed by atoms with Gasteiger partial charge in [-0.1, -0.05) is 39.0 Å². The van der Waals surface area contributed by atoms with Gasteiger partial charge in [-0.15, -0.1) is 0 Å². The van der Waals surface area contributed by atoms with Gasteiger partial charge >= 0.3 is 0 Å². The van der Waals surface area contributed by atoms with E-state index in [1.54, 1.807) is 18.2 Å². The maximum atomic E-state index is 11.7. The number of carbonyl (C=O) groups is 2. The van der Waals surface area contributed by atoms with Gasteiger partial charge in [0.15, 0.2) is 0 Å². The summed E-state index contributed by atoms with van der Waals surface area (Å²) in [5, 5.41) is 2.28. The second-order valence-electron chi connectivity index (χ2n) is 4.86. The lowest BCUT2D eigenvalue weighted by Crippen LogP contribution is -2.34. The van der Waals surface area contributed by atoms with Crippen LogP contribution in [0.1, 0.15) is 36.7 Å². The molecule has 0 heterocycles. The summed E-state index contributed by atoms with van der Waals surface area (Å²) in [6.45, 7) is 5.81. The van der Waals surface area contributed by atoms with E-state index in [0.29, 0.717) is 12.1 Å². The van der Waals surface area contributed by atoms with Crippen LogP contribution in [0.15, 0.2) is 24.3 Å². The van der Waals surface area contributed by atoms with Crippen molar-refractivity contribution in [2.75, 3.05) is 0 Å². The molecule has 0 saturated carbocycles. The predicted molar refractivity (Wildman–Crippen MR) is 67.9 cm³/mol. The van der Waals surface area contributed by atoms with E-state index in [9.17, 15) is 9.59 Å². The summed E-state index contributed by atoms with van der Waals surface area (Å²) >= 11 is 5.46. The fourth-order valence-corrected chi connectivity index (χ4v) is 1.49. The molecule has 0 aliphatic carbocycles. The third-order valence-electron chi connectivity index (χ3n) is 2.35. The second-order valence-corrected chi connectivity index (χ2v) is 5.21. The number of carbonyl (C=O) groups excluding carboxylic acids is 2. The van der Waals surface area contributed by atoms with Crippen molar-refractivity contribution >= 4 is 22.8 Å². The highest BCUT2D eigenvalue weighted by Crippen LogP contribution is 2.15. The molecule has 1 rings (SSSR count). The van der Waals surface area contributed by atoms with Crippen molar-refractivity contribution in [3.8, 4) is 0 Å². The van der Waals surface area contributed by atoms with Crippen molar-refractivity contribution in [1.29, 1.82) is 0 Å². The van der Waals surface area contributed by atoms with Crippen molar-refractivity contribution in [2.24, 2.45) is 5.41 Å². The highest BCUT2D eigenvalue weighted by atomic mass is 35.5. The molecule has 1 aromatic carbocycles. The van der Waals surface area contributed by atoms with E-state index in [1.165, 1.54) is 0 Å². The molecule has 0 aliphatic heterocycles. The number of nitrogens with one attached hydrogen (secondary N) is 1. The van der Waals surface area contributed by atoms with Gasteiger partial charge in [0.2, 0.25) is 5.91 Å². The van der Waals surface area contributed by atoms with Gasteiger partial charge in [0.1, 0.15) is 0 Å². The van der Waals surface area contributed by atoms with Crippen LogP contribution < -0.4 is 5.32 Å². The molecule has 0 spiro atoms. The molecule has 0 bridgehead atoms. The third-order valence-corrected chi connectivity index (χ3v) is 2.55. The summed E-state index contributed by atoms with van der Waals surface area (Å²) in [5.41, 5.74) is 0.716. The van der Waals surface area contributed by atoms with E-state index in [-0.39, 0.29) is 5.91 Å². The lowest BCUT2D eigenvalue weighted by Gasteiger charge is -2.18. The topological polar surface area (TPSA) is 46.2 Å². The zero-order chi connectivity index (χ0) is 13.1. The molecule has 1 aromatic rings. The number of amides is 1. The van der Waals surface area contributed by atoms with Crippen molar-refractivity contribution in [3.05, 3.63) is 35.4 Å². The number of hydrogen-bond acceptors (Lipinski definition) is 2. The standard InChI is InChI=1S/C13H16ClNO2/c1-13(2,3)12(17)15-8-9-6-4-5-7-10(9)11(14)16/h4-7H,8H2,1-3H3,(H,15,17). The molecular weight excluding hydrogens is 238 g/mol. The van der Waals surface area contributed by atoms with E-state index in [0.717, 1.165) is 5.56 Å². The minimum Gasteiger partial charge on any atom is -0.352 e. The number of rotatable bonds is 3. The maximum Gasteiger partial charge on any atom is 0.252 e. The monoisotopic (exact) mass is 253 g/mol. The Labute approximate surface area is 106 Å². The molecule has 0 unspecified atom stereocenters. The van der Waals surface area contributed by atoms with Crippen LogP contribution in [0.5, 0.6) is 0 Å². The second kappa shape index (κ2) is 5.32. The molecule has 0 fully saturated rings. The summed E-state index contributed by atoms with van der Waals surface area (Å²) in [4.78, 5) is 22.9. The predicted octanol–water partition coefficient (Wildman–Crippen LogP) is 2.73. The van der Waals surface area contributed by atoms with Gasteiger partial charge in [0, 0.05) is 17.5 Å². The number of hydrogen-bond donors (Lipinski definition) is 1. The van der Waals surface area contributed by atoms with E-state index >= 15 is 0 Å². The van der Waals surface area contributed by atoms with Gasteiger partial charge in [-0.2, -0.15) is 0 Å². The van der Waals surface area contributed by atoms with Gasteiger partial charge in [-0.3, -0.25) is 9.59 Å². The summed E-state index contributed by atoms with van der Waals surface area (Å²) in [6.07, 6.45) is 0. The summed E-state index contributed by atoms with van der Waals surface area (Å²) < 4.78 is 0. The van der Waals surface area contributed by atoms with Crippen LogP contribution in [-0.2, 0) is 11.3 Å². The fraction of sp³-hybridized carbons (Fsp3) is 0.385. The Morgan fingerprint density at radius 2 is 1.82 bits per heavy atom. The molecule has 3 nitrogen and oxygen atoms in total. The average molecular weight is 254 g/mol. The van der Waals surface area contributed by atoms with E-state index in [1.807, 2.05) is 26.8 Å². The van der Waals surface area contributed by atoms with E-state index in [4.69, 9.17) is 11.6 Å². The van der Waals surface area contributed by atoms with Crippen LogP contribution in [0.25, 0.3) is 0 Å². The SMILES string of the molecule is CC(C)(C)C(=O)NCc1ccccc1C(=O)Cl. The summed E-state index contributed by atoms with van der Waals surface area (Å²) in [5.74, 6) is -0.0608. The fourth-order valence-electron chi connectivity index (χ4n) is 1.31. The van der Waals surface area contributed by atoms with Crippen LogP contribution >= 0.6 is 11.6 Å². The highest BCUT2D eigenvalue weighted by molar-refractivity contribution is 6.67. The zero-order valence-electron chi connectivity index (χ0n) is 10.2. The van der Waals surface area contributed by atoms with Crippen molar-refractivity contribution in [1.82, 2.24) is 5.32 Å². The molecule has 17 heavy (non-hydrogen) atoms. The van der Waals surface area contributed by atoms with Crippen LogP contribution in [0.3, 0.4) is 0 Å². The minimum atomic E-state index is -0.509. The molecular formula is C13H16ClNO2. The first kappa shape index (κ1) is 13.7. The van der Waals surface area contributed by atoms with Gasteiger partial charge in [-0.25, -0.2) is 0 Å². The first-order valence-electron chi connectivity index (χ1n) is 5.38. The number of benzene rings is 1. The summed E-state index contributed by atoms with van der Waals surface area (Å²) in [7, 11) is 0. The van der Waals surface area contributed by atoms with Crippen molar-refractivity contribution < 1.29 is 9.59 Å². The van der Waals surface area contributed by atoms with Crippen LogP contribution in [-0.4, -0.2) is 11.1 Å². The first-order chi connectivity index (χ1) is 7.82. The normalized spacial score (nSPS) is 11.1. The molecule has 0 saturated heterocycles. The lowest BCUT2D eigenvalue weighted by atomic mass is 9.95. The van der Waals surface area contributed by atoms with Crippen molar-refractivity contribution in [3.63, 3.8) is 0 Å². The molecule has 0 atom stereocenters. The number of halogens is 1. The lowest BCUT2D eigenvalue weighted by molar-refractivity contribution is -0.128. The molecule has 0 aliphatic rings. The smallest absolute Gasteiger partial charge is 0.252 e. The zero-order valence-corrected chi connectivity index (χ0v) is 11.0. The largest absolute Gasteiger partial charge is 0.352 e.